The Hall–Kier alpha value is -5.15. The van der Waals surface area contributed by atoms with Gasteiger partial charge in [0.2, 0.25) is 0 Å². The highest BCUT2D eigenvalue weighted by molar-refractivity contribution is 14.1. The Balaban J connectivity index is 0.000000157. The average molecular weight is 829 g/mol. The molecule has 0 saturated carbocycles. The number of hydrogen-bond donors (Lipinski definition) is 1. The molecule has 8 rings (SSSR count). The van der Waals surface area contributed by atoms with E-state index >= 15 is 0 Å². The van der Waals surface area contributed by atoms with E-state index in [-0.39, 0.29) is 0 Å². The van der Waals surface area contributed by atoms with E-state index in [0.29, 0.717) is 13.2 Å². The normalized spacial score (nSPS) is 13.0. The third kappa shape index (κ3) is 10.9. The number of benzene rings is 2. The van der Waals surface area contributed by atoms with E-state index in [2.05, 4.69) is 83.4 Å². The smallest absolute Gasteiger partial charge is 0.137 e. The van der Waals surface area contributed by atoms with Crippen LogP contribution in [-0.4, -0.2) is 56.8 Å². The van der Waals surface area contributed by atoms with E-state index in [1.165, 1.54) is 25.8 Å². The summed E-state index contributed by atoms with van der Waals surface area (Å²) in [5, 5.41) is 11.6. The highest BCUT2D eigenvalue weighted by Crippen LogP contribution is 2.28. The molecular formula is C40H45IN8O4. The zero-order chi connectivity index (χ0) is 37.0. The standard InChI is InChI=1S/C20H22N4O2.C16H18N2O2.C4H5IN2/c1-23-13-18(10-22-23)24-8-7-15-3-5-19(9-16(15)12-24)26-14-17-4-6-20(25-2)11-21-17;1-19-16-5-3-14(18-10-16)11-20-15-4-2-12-6-7-17-9-13(12)8-15;1-7-3-4(5)2-6-7/h3-6,9-11,13H,7-8,12,14H2,1-2H3;2-5,8,10,17H,6-7,9,11H2,1H3;2-3H,1H3. The molecule has 0 radical (unpaired) electrons. The molecule has 276 valence electrons. The number of halogens is 1. The SMILES string of the molecule is COc1ccc(COc2ccc3c(c2)CN(c2cnn(C)c2)CC3)nc1.COc1ccc(COc2ccc3c(c2)CNCC3)nc1.Cn1cc(I)cn1. The Morgan fingerprint density at radius 1 is 0.660 bits per heavy atom. The molecule has 4 aromatic heterocycles. The minimum Gasteiger partial charge on any atom is -0.495 e. The van der Waals surface area contributed by atoms with Crippen molar-refractivity contribution in [1.82, 2.24) is 34.8 Å². The molecule has 0 saturated heterocycles. The monoisotopic (exact) mass is 828 g/mol. The molecule has 2 aromatic carbocycles. The number of aromatic nitrogens is 6. The molecular weight excluding hydrogens is 783 g/mol. The Morgan fingerprint density at radius 3 is 1.75 bits per heavy atom. The van der Waals surface area contributed by atoms with Crippen LogP contribution in [0.4, 0.5) is 5.69 Å². The molecule has 0 spiro atoms. The largest absolute Gasteiger partial charge is 0.495 e. The highest BCUT2D eigenvalue weighted by atomic mass is 127. The van der Waals surface area contributed by atoms with Crippen molar-refractivity contribution in [3.63, 3.8) is 0 Å². The van der Waals surface area contributed by atoms with Crippen LogP contribution >= 0.6 is 22.6 Å². The van der Waals surface area contributed by atoms with Crippen molar-refractivity contribution >= 4 is 28.3 Å². The van der Waals surface area contributed by atoms with Crippen LogP contribution < -0.4 is 29.2 Å². The van der Waals surface area contributed by atoms with Crippen LogP contribution in [0.1, 0.15) is 33.6 Å². The third-order valence-electron chi connectivity index (χ3n) is 8.82. The van der Waals surface area contributed by atoms with Crippen molar-refractivity contribution in [2.24, 2.45) is 14.1 Å². The minimum absolute atomic E-state index is 0.440. The summed E-state index contributed by atoms with van der Waals surface area (Å²) >= 11 is 2.22. The van der Waals surface area contributed by atoms with Crippen molar-refractivity contribution in [2.45, 2.75) is 39.1 Å². The zero-order valence-corrected chi connectivity index (χ0v) is 32.7. The van der Waals surface area contributed by atoms with Gasteiger partial charge in [0.15, 0.2) is 0 Å². The second kappa shape index (κ2) is 18.6. The first-order chi connectivity index (χ1) is 25.8. The van der Waals surface area contributed by atoms with Gasteiger partial charge in [-0.1, -0.05) is 12.1 Å². The van der Waals surface area contributed by atoms with E-state index in [0.717, 1.165) is 79.1 Å². The van der Waals surface area contributed by atoms with E-state index in [9.17, 15) is 0 Å². The van der Waals surface area contributed by atoms with Crippen molar-refractivity contribution in [1.29, 1.82) is 0 Å². The van der Waals surface area contributed by atoms with Crippen LogP contribution in [0, 0.1) is 3.57 Å². The molecule has 53 heavy (non-hydrogen) atoms. The van der Waals surface area contributed by atoms with Gasteiger partial charge in [-0.05, 0) is 113 Å². The van der Waals surface area contributed by atoms with Crippen LogP contribution in [0.5, 0.6) is 23.0 Å². The Bertz CT molecular complexity index is 2030. The molecule has 6 heterocycles. The summed E-state index contributed by atoms with van der Waals surface area (Å²) in [6.07, 6.45) is 13.3. The zero-order valence-electron chi connectivity index (χ0n) is 30.5. The van der Waals surface area contributed by atoms with Gasteiger partial charge in [-0.2, -0.15) is 10.2 Å². The lowest BCUT2D eigenvalue weighted by atomic mass is 9.99. The third-order valence-corrected chi connectivity index (χ3v) is 9.38. The van der Waals surface area contributed by atoms with Gasteiger partial charge in [0.25, 0.3) is 0 Å². The van der Waals surface area contributed by atoms with Crippen LogP contribution in [-0.2, 0) is 53.2 Å². The fourth-order valence-corrected chi connectivity index (χ4v) is 6.43. The predicted molar refractivity (Wildman–Crippen MR) is 212 cm³/mol. The minimum atomic E-state index is 0.440. The maximum atomic E-state index is 5.94. The first kappa shape index (κ1) is 37.6. The first-order valence-electron chi connectivity index (χ1n) is 17.4. The van der Waals surface area contributed by atoms with Gasteiger partial charge in [-0.15, -0.1) is 0 Å². The molecule has 0 unspecified atom stereocenters. The number of fused-ring (bicyclic) bond motifs is 2. The van der Waals surface area contributed by atoms with Gasteiger partial charge < -0.3 is 29.2 Å². The van der Waals surface area contributed by atoms with E-state index in [1.54, 1.807) is 31.3 Å². The van der Waals surface area contributed by atoms with Gasteiger partial charge in [-0.3, -0.25) is 19.3 Å². The summed E-state index contributed by atoms with van der Waals surface area (Å²) in [4.78, 5) is 11.0. The van der Waals surface area contributed by atoms with Crippen LogP contribution in [0.2, 0.25) is 0 Å². The molecule has 2 aliphatic rings. The molecule has 0 amide bonds. The number of pyridine rings is 2. The molecule has 13 heteroatoms. The molecule has 2 aliphatic heterocycles. The molecule has 0 atom stereocenters. The fourth-order valence-electron chi connectivity index (χ4n) is 5.90. The summed E-state index contributed by atoms with van der Waals surface area (Å²) in [7, 11) is 7.12. The van der Waals surface area contributed by atoms with Crippen molar-refractivity contribution in [2.75, 3.05) is 32.2 Å². The van der Waals surface area contributed by atoms with Gasteiger partial charge in [0.1, 0.15) is 36.2 Å². The molecule has 0 bridgehead atoms. The van der Waals surface area contributed by atoms with E-state index < -0.39 is 0 Å². The lowest BCUT2D eigenvalue weighted by Crippen LogP contribution is -2.30. The summed E-state index contributed by atoms with van der Waals surface area (Å²) in [5.41, 5.74) is 8.37. The molecule has 0 fully saturated rings. The Morgan fingerprint density at radius 2 is 1.25 bits per heavy atom. The van der Waals surface area contributed by atoms with E-state index in [4.69, 9.17) is 18.9 Å². The average Bonchev–Trinajstić information content (AvgIpc) is 3.82. The summed E-state index contributed by atoms with van der Waals surface area (Å²) in [5.74, 6) is 3.27. The van der Waals surface area contributed by atoms with Gasteiger partial charge in [0.05, 0.1) is 59.7 Å². The van der Waals surface area contributed by atoms with Crippen LogP contribution in [0.15, 0.2) is 97.8 Å². The number of rotatable bonds is 9. The maximum Gasteiger partial charge on any atom is 0.137 e. The van der Waals surface area contributed by atoms with Gasteiger partial charge in [0, 0.05) is 46.1 Å². The number of methoxy groups -OCH3 is 2. The Labute approximate surface area is 324 Å². The number of ether oxygens (including phenoxy) is 4. The predicted octanol–water partition coefficient (Wildman–Crippen LogP) is 6.31. The van der Waals surface area contributed by atoms with Crippen LogP contribution in [0.25, 0.3) is 0 Å². The van der Waals surface area contributed by atoms with Crippen molar-refractivity contribution in [3.8, 4) is 23.0 Å². The number of nitrogens with one attached hydrogen (secondary N) is 1. The van der Waals surface area contributed by atoms with Crippen molar-refractivity contribution in [3.05, 3.63) is 135 Å². The second-order valence-corrected chi connectivity index (χ2v) is 13.9. The van der Waals surface area contributed by atoms with Crippen LogP contribution in [0.3, 0.4) is 0 Å². The van der Waals surface area contributed by atoms with Crippen molar-refractivity contribution < 1.29 is 18.9 Å². The fraction of sp³-hybridized carbons (Fsp3) is 0.300. The molecule has 12 nitrogen and oxygen atoms in total. The lowest BCUT2D eigenvalue weighted by Gasteiger charge is -2.29. The van der Waals surface area contributed by atoms with Gasteiger partial charge >= 0.3 is 0 Å². The molecule has 6 aromatic rings. The number of anilines is 1. The summed E-state index contributed by atoms with van der Waals surface area (Å²) in [6.45, 7) is 4.77. The highest BCUT2D eigenvalue weighted by Gasteiger charge is 2.18. The summed E-state index contributed by atoms with van der Waals surface area (Å²) in [6, 6.07) is 20.3. The topological polar surface area (TPSA) is 114 Å². The number of aryl methyl sites for hydroxylation is 2. The van der Waals surface area contributed by atoms with E-state index in [1.807, 2.05) is 73.8 Å². The second-order valence-electron chi connectivity index (χ2n) is 12.6. The Kier molecular flexibility index (Phi) is 13.2. The summed E-state index contributed by atoms with van der Waals surface area (Å²) < 4.78 is 26.8. The maximum absolute atomic E-state index is 5.94. The first-order valence-corrected chi connectivity index (χ1v) is 18.5. The number of hydrogen-bond acceptors (Lipinski definition) is 10. The quantitative estimate of drug-likeness (QED) is 0.167. The lowest BCUT2D eigenvalue weighted by molar-refractivity contribution is 0.300. The molecule has 0 aliphatic carbocycles. The van der Waals surface area contributed by atoms with Gasteiger partial charge in [-0.25, -0.2) is 0 Å². The number of nitrogens with zero attached hydrogens (tertiary/aromatic N) is 7. The molecule has 1 N–H and O–H groups in total.